The SMILES string of the molecule is CCn1cc2c(n1)c(=O)n(Cc1ccc(C)cc1)c(=O)n2CC(=O)Nc1ccc(C)cc1. The van der Waals surface area contributed by atoms with Crippen molar-refractivity contribution in [1.82, 2.24) is 18.9 Å². The van der Waals surface area contributed by atoms with Gasteiger partial charge in [-0.15, -0.1) is 0 Å². The number of amides is 1. The van der Waals surface area contributed by atoms with E-state index >= 15 is 0 Å². The molecular formula is C24H25N5O3. The Morgan fingerprint density at radius 2 is 1.56 bits per heavy atom. The van der Waals surface area contributed by atoms with Crippen LogP contribution in [0.3, 0.4) is 0 Å². The van der Waals surface area contributed by atoms with Gasteiger partial charge >= 0.3 is 5.69 Å². The van der Waals surface area contributed by atoms with Gasteiger partial charge in [-0.1, -0.05) is 47.5 Å². The molecule has 2 aromatic carbocycles. The van der Waals surface area contributed by atoms with Crippen LogP contribution in [0.25, 0.3) is 11.0 Å². The third-order valence-electron chi connectivity index (χ3n) is 5.37. The normalized spacial score (nSPS) is 11.1. The van der Waals surface area contributed by atoms with E-state index in [-0.39, 0.29) is 24.5 Å². The molecule has 8 heteroatoms. The van der Waals surface area contributed by atoms with Crippen molar-refractivity contribution in [2.75, 3.05) is 5.32 Å². The van der Waals surface area contributed by atoms with Crippen LogP contribution in [-0.2, 0) is 24.4 Å². The van der Waals surface area contributed by atoms with Crippen LogP contribution in [0.2, 0.25) is 0 Å². The second kappa shape index (κ2) is 8.66. The lowest BCUT2D eigenvalue weighted by Gasteiger charge is -2.12. The Hall–Kier alpha value is -3.94. The van der Waals surface area contributed by atoms with E-state index in [0.717, 1.165) is 21.3 Å². The highest BCUT2D eigenvalue weighted by Crippen LogP contribution is 2.11. The van der Waals surface area contributed by atoms with Crippen LogP contribution >= 0.6 is 0 Å². The lowest BCUT2D eigenvalue weighted by Crippen LogP contribution is -2.41. The zero-order valence-electron chi connectivity index (χ0n) is 18.3. The second-order valence-corrected chi connectivity index (χ2v) is 7.88. The highest BCUT2D eigenvalue weighted by molar-refractivity contribution is 5.91. The number of nitrogens with one attached hydrogen (secondary N) is 1. The van der Waals surface area contributed by atoms with Gasteiger partial charge in [-0.2, -0.15) is 5.10 Å². The van der Waals surface area contributed by atoms with Crippen LogP contribution in [-0.4, -0.2) is 24.8 Å². The number of hydrogen-bond acceptors (Lipinski definition) is 4. The minimum absolute atomic E-state index is 0.104. The molecule has 0 aliphatic rings. The van der Waals surface area contributed by atoms with Crippen LogP contribution in [0.5, 0.6) is 0 Å². The van der Waals surface area contributed by atoms with Gasteiger partial charge in [0.2, 0.25) is 5.91 Å². The fraction of sp³-hybridized carbons (Fsp3) is 0.250. The molecule has 0 spiro atoms. The number of aryl methyl sites for hydroxylation is 3. The first-order chi connectivity index (χ1) is 15.4. The molecule has 8 nitrogen and oxygen atoms in total. The average molecular weight is 431 g/mol. The van der Waals surface area contributed by atoms with E-state index in [0.29, 0.717) is 17.7 Å². The molecular weight excluding hydrogens is 406 g/mol. The fourth-order valence-corrected chi connectivity index (χ4v) is 3.54. The van der Waals surface area contributed by atoms with Crippen molar-refractivity contribution in [3.05, 3.63) is 92.3 Å². The van der Waals surface area contributed by atoms with Crippen LogP contribution < -0.4 is 16.6 Å². The van der Waals surface area contributed by atoms with E-state index in [2.05, 4.69) is 10.4 Å². The first kappa shape index (κ1) is 21.3. The van der Waals surface area contributed by atoms with E-state index in [1.165, 1.54) is 4.57 Å². The van der Waals surface area contributed by atoms with Gasteiger partial charge in [0.15, 0.2) is 5.52 Å². The van der Waals surface area contributed by atoms with Crippen molar-refractivity contribution in [3.63, 3.8) is 0 Å². The standard InChI is InChI=1S/C24H25N5O3/c1-4-27-14-20-22(26-27)23(31)29(13-18-9-5-16(2)6-10-18)24(32)28(20)15-21(30)25-19-11-7-17(3)8-12-19/h5-12,14H,4,13,15H2,1-3H3,(H,25,30). The number of benzene rings is 2. The van der Waals surface area contributed by atoms with E-state index in [9.17, 15) is 14.4 Å². The Balaban J connectivity index is 1.75. The van der Waals surface area contributed by atoms with Gasteiger partial charge in [-0.3, -0.25) is 23.4 Å². The Morgan fingerprint density at radius 3 is 2.19 bits per heavy atom. The molecule has 2 aromatic heterocycles. The molecule has 2 heterocycles. The molecule has 0 atom stereocenters. The van der Waals surface area contributed by atoms with Crippen LogP contribution in [0, 0.1) is 13.8 Å². The maximum atomic E-state index is 13.3. The minimum atomic E-state index is -0.544. The summed E-state index contributed by atoms with van der Waals surface area (Å²) in [5, 5.41) is 7.15. The molecule has 4 rings (SSSR count). The Labute approximate surface area is 184 Å². The molecule has 0 aliphatic heterocycles. The van der Waals surface area contributed by atoms with Gasteiger partial charge in [0.25, 0.3) is 5.56 Å². The first-order valence-corrected chi connectivity index (χ1v) is 10.5. The van der Waals surface area contributed by atoms with Gasteiger partial charge in [-0.05, 0) is 38.5 Å². The van der Waals surface area contributed by atoms with Gasteiger partial charge in [0.05, 0.1) is 12.1 Å². The molecule has 164 valence electrons. The molecule has 32 heavy (non-hydrogen) atoms. The highest BCUT2D eigenvalue weighted by Gasteiger charge is 2.18. The number of aromatic nitrogens is 4. The van der Waals surface area contributed by atoms with E-state index in [1.807, 2.05) is 57.2 Å². The zero-order chi connectivity index (χ0) is 22.8. The first-order valence-electron chi connectivity index (χ1n) is 10.5. The summed E-state index contributed by atoms with van der Waals surface area (Å²) < 4.78 is 4.04. The number of hydrogen-bond donors (Lipinski definition) is 1. The smallest absolute Gasteiger partial charge is 0.325 e. The number of fused-ring (bicyclic) bond motifs is 1. The highest BCUT2D eigenvalue weighted by atomic mass is 16.2. The van der Waals surface area contributed by atoms with Crippen molar-refractivity contribution >= 4 is 22.6 Å². The summed E-state index contributed by atoms with van der Waals surface area (Å²) in [4.78, 5) is 39.1. The molecule has 0 aliphatic carbocycles. The van der Waals surface area contributed by atoms with Gasteiger partial charge in [-0.25, -0.2) is 4.79 Å². The summed E-state index contributed by atoms with van der Waals surface area (Å²) in [6, 6.07) is 15.0. The van der Waals surface area contributed by atoms with Gasteiger partial charge in [0, 0.05) is 18.4 Å². The molecule has 0 unspecified atom stereocenters. The van der Waals surface area contributed by atoms with Gasteiger partial charge in [0.1, 0.15) is 6.54 Å². The summed E-state index contributed by atoms with van der Waals surface area (Å²) in [6.07, 6.45) is 1.63. The Kier molecular flexibility index (Phi) is 5.77. The summed E-state index contributed by atoms with van der Waals surface area (Å²) in [5.74, 6) is -0.359. The maximum Gasteiger partial charge on any atom is 0.332 e. The summed E-state index contributed by atoms with van der Waals surface area (Å²) in [7, 11) is 0. The lowest BCUT2D eigenvalue weighted by molar-refractivity contribution is -0.116. The molecule has 1 amide bonds. The van der Waals surface area contributed by atoms with Crippen molar-refractivity contribution < 1.29 is 4.79 Å². The predicted octanol–water partition coefficient (Wildman–Crippen LogP) is 2.68. The third kappa shape index (κ3) is 4.25. The van der Waals surface area contributed by atoms with Crippen molar-refractivity contribution in [2.45, 2.75) is 40.4 Å². The predicted molar refractivity (Wildman–Crippen MR) is 124 cm³/mol. The number of rotatable bonds is 6. The number of anilines is 1. The summed E-state index contributed by atoms with van der Waals surface area (Å²) in [5.41, 5.74) is 3.13. The molecule has 4 aromatic rings. The van der Waals surface area contributed by atoms with E-state index in [1.54, 1.807) is 23.0 Å². The van der Waals surface area contributed by atoms with Crippen LogP contribution in [0.1, 0.15) is 23.6 Å². The summed E-state index contributed by atoms with van der Waals surface area (Å²) >= 11 is 0. The Morgan fingerprint density at radius 1 is 0.938 bits per heavy atom. The monoisotopic (exact) mass is 431 g/mol. The molecule has 0 radical (unpaired) electrons. The lowest BCUT2D eigenvalue weighted by atomic mass is 10.1. The topological polar surface area (TPSA) is 90.9 Å². The van der Waals surface area contributed by atoms with Crippen molar-refractivity contribution in [2.24, 2.45) is 0 Å². The van der Waals surface area contributed by atoms with Crippen molar-refractivity contribution in [1.29, 1.82) is 0 Å². The number of carbonyl (C=O) groups is 1. The molecule has 0 bridgehead atoms. The summed E-state index contributed by atoms with van der Waals surface area (Å²) in [6.45, 7) is 6.24. The zero-order valence-corrected chi connectivity index (χ0v) is 18.3. The van der Waals surface area contributed by atoms with E-state index < -0.39 is 11.2 Å². The van der Waals surface area contributed by atoms with Gasteiger partial charge < -0.3 is 5.32 Å². The molecule has 0 saturated heterocycles. The van der Waals surface area contributed by atoms with Crippen LogP contribution in [0.4, 0.5) is 5.69 Å². The fourth-order valence-electron chi connectivity index (χ4n) is 3.54. The minimum Gasteiger partial charge on any atom is -0.325 e. The maximum absolute atomic E-state index is 13.3. The average Bonchev–Trinajstić information content (AvgIpc) is 3.22. The Bertz CT molecular complexity index is 1390. The second-order valence-electron chi connectivity index (χ2n) is 7.88. The van der Waals surface area contributed by atoms with E-state index in [4.69, 9.17) is 0 Å². The number of nitrogens with zero attached hydrogens (tertiary/aromatic N) is 4. The molecule has 0 fully saturated rings. The number of carbonyl (C=O) groups excluding carboxylic acids is 1. The largest absolute Gasteiger partial charge is 0.332 e. The van der Waals surface area contributed by atoms with Crippen LogP contribution in [0.15, 0.2) is 64.3 Å². The molecule has 1 N–H and O–H groups in total. The quantitative estimate of drug-likeness (QED) is 0.508. The molecule has 0 saturated carbocycles. The van der Waals surface area contributed by atoms with Crippen molar-refractivity contribution in [3.8, 4) is 0 Å². The third-order valence-corrected chi connectivity index (χ3v) is 5.37.